The molecule has 0 aromatic heterocycles. The second-order valence-electron chi connectivity index (χ2n) is 5.92. The third kappa shape index (κ3) is 5.34. The Morgan fingerprint density at radius 2 is 1.64 bits per heavy atom. The molecule has 2 N–H and O–H groups in total. The summed E-state index contributed by atoms with van der Waals surface area (Å²) in [6, 6.07) is 22.3. The van der Waals surface area contributed by atoms with E-state index in [0.717, 1.165) is 15.7 Å². The highest BCUT2D eigenvalue weighted by molar-refractivity contribution is 9.10. The van der Waals surface area contributed by atoms with Gasteiger partial charge in [0.1, 0.15) is 0 Å². The van der Waals surface area contributed by atoms with E-state index >= 15 is 0 Å². The monoisotopic (exact) mass is 440 g/mol. The van der Waals surface area contributed by atoms with Gasteiger partial charge in [0, 0.05) is 16.7 Å². The van der Waals surface area contributed by atoms with E-state index < -0.39 is 5.97 Å². The normalized spacial score (nSPS) is 10.4. The average molecular weight is 441 g/mol. The molecule has 0 bridgehead atoms. The number of hydrogen-bond donors (Lipinski definition) is 2. The van der Waals surface area contributed by atoms with Crippen molar-refractivity contribution in [2.24, 2.45) is 0 Å². The zero-order chi connectivity index (χ0) is 19.8. The maximum absolute atomic E-state index is 12.4. The number of ether oxygens (including phenoxy) is 2. The van der Waals surface area contributed by atoms with Gasteiger partial charge >= 0.3 is 5.97 Å². The molecule has 0 aliphatic carbocycles. The van der Waals surface area contributed by atoms with Crippen LogP contribution in [0, 0.1) is 0 Å². The van der Waals surface area contributed by atoms with Crippen molar-refractivity contribution in [2.75, 3.05) is 12.0 Å². The molecular weight excluding hydrogens is 420 g/mol. The molecule has 0 amide bonds. The van der Waals surface area contributed by atoms with Gasteiger partial charge in [-0.25, -0.2) is 10.2 Å². The predicted octanol–water partition coefficient (Wildman–Crippen LogP) is 5.18. The lowest BCUT2D eigenvalue weighted by atomic mass is 10.2. The number of rotatable bonds is 8. The summed E-state index contributed by atoms with van der Waals surface area (Å²) in [6.07, 6.45) is 0. The van der Waals surface area contributed by atoms with Gasteiger partial charge in [-0.15, -0.1) is 0 Å². The first-order chi connectivity index (χ1) is 13.7. The second kappa shape index (κ2) is 9.92. The predicted molar refractivity (Wildman–Crippen MR) is 114 cm³/mol. The number of para-hydroxylation sites is 1. The van der Waals surface area contributed by atoms with Gasteiger partial charge in [0.05, 0.1) is 12.2 Å². The van der Waals surface area contributed by atoms with Crippen LogP contribution in [0.2, 0.25) is 0 Å². The molecule has 0 heterocycles. The van der Waals surface area contributed by atoms with Gasteiger partial charge in [0.2, 0.25) is 0 Å². The van der Waals surface area contributed by atoms with Gasteiger partial charge in [-0.2, -0.15) is 0 Å². The molecule has 0 spiro atoms. The summed E-state index contributed by atoms with van der Waals surface area (Å²) in [5, 5.41) is 0. The molecule has 0 fully saturated rings. The lowest BCUT2D eigenvalue weighted by Gasteiger charge is -2.15. The lowest BCUT2D eigenvalue weighted by molar-refractivity contribution is 0.0728. The molecule has 3 aromatic rings. The number of carbonyl (C=O) groups excluding carboxylic acids is 1. The molecule has 0 unspecified atom stereocenters. The highest BCUT2D eigenvalue weighted by Crippen LogP contribution is 2.34. The lowest BCUT2D eigenvalue weighted by Crippen LogP contribution is -2.21. The van der Waals surface area contributed by atoms with Gasteiger partial charge in [-0.1, -0.05) is 52.3 Å². The number of benzene rings is 3. The third-order valence-electron chi connectivity index (χ3n) is 3.91. The molecule has 3 rings (SSSR count). The Balaban J connectivity index is 1.73. The second-order valence-corrected chi connectivity index (χ2v) is 6.78. The molecule has 144 valence electrons. The number of nitrogens with one attached hydrogen (secondary N) is 2. The summed E-state index contributed by atoms with van der Waals surface area (Å²) < 4.78 is 12.1. The van der Waals surface area contributed by atoms with E-state index in [1.54, 1.807) is 30.3 Å². The molecule has 0 radical (unpaired) electrons. The van der Waals surface area contributed by atoms with Crippen LogP contribution < -0.4 is 20.3 Å². The van der Waals surface area contributed by atoms with Crippen molar-refractivity contribution in [3.8, 4) is 11.5 Å². The molecule has 5 nitrogen and oxygen atoms in total. The first kappa shape index (κ1) is 19.9. The van der Waals surface area contributed by atoms with Crippen molar-refractivity contribution in [3.63, 3.8) is 0 Å². The standard InChI is InChI=1S/C22H21BrN2O3/c1-2-27-20-13-17(15-24-25-18-11-7-4-8-12-18)19(23)14-21(20)28-22(26)16-9-5-3-6-10-16/h3-14,24-25H,2,15H2,1H3. The first-order valence-corrected chi connectivity index (χ1v) is 9.73. The summed E-state index contributed by atoms with van der Waals surface area (Å²) in [6.45, 7) is 2.90. The Bertz CT molecular complexity index is 918. The minimum Gasteiger partial charge on any atom is -0.490 e. The molecule has 3 aromatic carbocycles. The van der Waals surface area contributed by atoms with Crippen LogP contribution in [0.5, 0.6) is 11.5 Å². The van der Waals surface area contributed by atoms with Crippen LogP contribution in [0.15, 0.2) is 77.3 Å². The SMILES string of the molecule is CCOc1cc(CNNc2ccccc2)c(Br)cc1OC(=O)c1ccccc1. The summed E-state index contributed by atoms with van der Waals surface area (Å²) in [5.74, 6) is 0.471. The van der Waals surface area contributed by atoms with Gasteiger partial charge in [-0.05, 0) is 48.9 Å². The van der Waals surface area contributed by atoms with Crippen molar-refractivity contribution in [2.45, 2.75) is 13.5 Å². The van der Waals surface area contributed by atoms with Crippen molar-refractivity contribution >= 4 is 27.6 Å². The van der Waals surface area contributed by atoms with E-state index in [2.05, 4.69) is 26.8 Å². The van der Waals surface area contributed by atoms with E-state index in [-0.39, 0.29) is 0 Å². The molecule has 0 aliphatic rings. The molecular formula is C22H21BrN2O3. The van der Waals surface area contributed by atoms with E-state index in [4.69, 9.17) is 9.47 Å². The number of hydrazine groups is 1. The Morgan fingerprint density at radius 3 is 2.32 bits per heavy atom. The van der Waals surface area contributed by atoms with Gasteiger partial charge in [0.15, 0.2) is 11.5 Å². The minimum absolute atomic E-state index is 0.377. The maximum Gasteiger partial charge on any atom is 0.343 e. The van der Waals surface area contributed by atoms with Crippen LogP contribution in [0.25, 0.3) is 0 Å². The fourth-order valence-corrected chi connectivity index (χ4v) is 3.02. The Morgan fingerprint density at radius 1 is 0.964 bits per heavy atom. The zero-order valence-corrected chi connectivity index (χ0v) is 17.0. The van der Waals surface area contributed by atoms with Gasteiger partial charge < -0.3 is 14.9 Å². The maximum atomic E-state index is 12.4. The number of anilines is 1. The zero-order valence-electron chi connectivity index (χ0n) is 15.4. The van der Waals surface area contributed by atoms with Crippen LogP contribution in [0.3, 0.4) is 0 Å². The van der Waals surface area contributed by atoms with Crippen molar-refractivity contribution < 1.29 is 14.3 Å². The molecule has 0 aliphatic heterocycles. The fourth-order valence-electron chi connectivity index (χ4n) is 2.56. The number of esters is 1. The quantitative estimate of drug-likeness (QED) is 0.287. The molecule has 0 saturated carbocycles. The van der Waals surface area contributed by atoms with Crippen LogP contribution >= 0.6 is 15.9 Å². The average Bonchev–Trinajstić information content (AvgIpc) is 2.72. The van der Waals surface area contributed by atoms with Crippen molar-refractivity contribution in [1.82, 2.24) is 5.43 Å². The van der Waals surface area contributed by atoms with Crippen LogP contribution in [0.4, 0.5) is 5.69 Å². The van der Waals surface area contributed by atoms with Crippen molar-refractivity contribution in [1.29, 1.82) is 0 Å². The highest BCUT2D eigenvalue weighted by Gasteiger charge is 2.15. The van der Waals surface area contributed by atoms with Crippen LogP contribution in [-0.4, -0.2) is 12.6 Å². The third-order valence-corrected chi connectivity index (χ3v) is 4.65. The summed E-state index contributed by atoms with van der Waals surface area (Å²) in [7, 11) is 0. The van der Waals surface area contributed by atoms with E-state index in [1.165, 1.54) is 0 Å². The number of halogens is 1. The summed E-state index contributed by atoms with van der Waals surface area (Å²) in [5.41, 5.74) is 8.73. The summed E-state index contributed by atoms with van der Waals surface area (Å²) >= 11 is 3.55. The minimum atomic E-state index is -0.426. The van der Waals surface area contributed by atoms with Crippen molar-refractivity contribution in [3.05, 3.63) is 88.4 Å². The van der Waals surface area contributed by atoms with Crippen LogP contribution in [-0.2, 0) is 6.54 Å². The van der Waals surface area contributed by atoms with E-state index in [0.29, 0.717) is 30.2 Å². The topological polar surface area (TPSA) is 59.6 Å². The number of hydrogen-bond acceptors (Lipinski definition) is 5. The van der Waals surface area contributed by atoms with Gasteiger partial charge in [0.25, 0.3) is 0 Å². The summed E-state index contributed by atoms with van der Waals surface area (Å²) in [4.78, 5) is 12.4. The Hall–Kier alpha value is -2.83. The number of carbonyl (C=O) groups is 1. The highest BCUT2D eigenvalue weighted by atomic mass is 79.9. The molecule has 28 heavy (non-hydrogen) atoms. The van der Waals surface area contributed by atoms with Gasteiger partial charge in [-0.3, -0.25) is 0 Å². The first-order valence-electron chi connectivity index (χ1n) is 8.93. The smallest absolute Gasteiger partial charge is 0.343 e. The molecule has 0 atom stereocenters. The Kier molecular flexibility index (Phi) is 7.06. The Labute approximate surface area is 172 Å². The molecule has 6 heteroatoms. The fraction of sp³-hybridized carbons (Fsp3) is 0.136. The van der Waals surface area contributed by atoms with E-state index in [9.17, 15) is 4.79 Å². The van der Waals surface area contributed by atoms with E-state index in [1.807, 2.05) is 49.4 Å². The van der Waals surface area contributed by atoms with Crippen LogP contribution in [0.1, 0.15) is 22.8 Å². The largest absolute Gasteiger partial charge is 0.490 e. The molecule has 0 saturated heterocycles.